The van der Waals surface area contributed by atoms with Crippen LogP contribution in [0.5, 0.6) is 5.75 Å². The molecule has 1 aliphatic heterocycles. The van der Waals surface area contributed by atoms with Gasteiger partial charge in [-0.25, -0.2) is 0 Å². The Morgan fingerprint density at radius 1 is 1.15 bits per heavy atom. The minimum absolute atomic E-state index is 0.0416. The molecule has 2 aromatic carbocycles. The first-order valence-electron chi connectivity index (χ1n) is 8.54. The topological polar surface area (TPSA) is 66.3 Å². The standard InChI is InChI=1S/C20H22N4O2S/c1-24(2)16-8-4-15(5-9-16)13-21-23-20-22-19(25)18(27-20)12-14-6-10-17(26-3)11-7-14/h4-11,13,18H,12H2,1-3H3,(H,22,23,25)/b21-13+. The molecule has 1 unspecified atom stereocenters. The van der Waals surface area contributed by atoms with E-state index in [1.54, 1.807) is 13.3 Å². The van der Waals surface area contributed by atoms with Crippen molar-refractivity contribution in [2.24, 2.45) is 10.2 Å². The van der Waals surface area contributed by atoms with Crippen LogP contribution in [0.4, 0.5) is 5.69 Å². The highest BCUT2D eigenvalue weighted by molar-refractivity contribution is 8.15. The van der Waals surface area contributed by atoms with Gasteiger partial charge in [0.1, 0.15) is 5.75 Å². The van der Waals surface area contributed by atoms with Gasteiger partial charge in [-0.1, -0.05) is 36.0 Å². The van der Waals surface area contributed by atoms with Gasteiger partial charge < -0.3 is 15.0 Å². The molecule has 7 heteroatoms. The first-order valence-corrected chi connectivity index (χ1v) is 9.42. The zero-order valence-electron chi connectivity index (χ0n) is 15.5. The molecule has 0 spiro atoms. The molecule has 1 atom stereocenters. The number of rotatable bonds is 6. The number of amidine groups is 1. The van der Waals surface area contributed by atoms with Gasteiger partial charge in [0.05, 0.1) is 18.6 Å². The van der Waals surface area contributed by atoms with Crippen LogP contribution in [-0.2, 0) is 11.2 Å². The fourth-order valence-electron chi connectivity index (χ4n) is 2.57. The number of thioether (sulfide) groups is 1. The highest BCUT2D eigenvalue weighted by atomic mass is 32.2. The van der Waals surface area contributed by atoms with Crippen molar-refractivity contribution in [3.05, 3.63) is 59.7 Å². The van der Waals surface area contributed by atoms with Crippen molar-refractivity contribution in [3.8, 4) is 5.75 Å². The van der Waals surface area contributed by atoms with Crippen LogP contribution in [0.25, 0.3) is 0 Å². The first-order chi connectivity index (χ1) is 13.0. The maximum Gasteiger partial charge on any atom is 0.239 e. The predicted octanol–water partition coefficient (Wildman–Crippen LogP) is 2.93. The minimum atomic E-state index is -0.202. The monoisotopic (exact) mass is 382 g/mol. The van der Waals surface area contributed by atoms with Crippen molar-refractivity contribution in [3.63, 3.8) is 0 Å². The number of ether oxygens (including phenoxy) is 1. The van der Waals surface area contributed by atoms with Gasteiger partial charge in [0.15, 0.2) is 5.17 Å². The van der Waals surface area contributed by atoms with E-state index < -0.39 is 0 Å². The Morgan fingerprint density at radius 2 is 1.85 bits per heavy atom. The summed E-state index contributed by atoms with van der Waals surface area (Å²) in [5, 5.41) is 11.3. The third-order valence-electron chi connectivity index (χ3n) is 4.12. The second-order valence-electron chi connectivity index (χ2n) is 6.28. The predicted molar refractivity (Wildman–Crippen MR) is 112 cm³/mol. The molecule has 0 bridgehead atoms. The number of carbonyl (C=O) groups excluding carboxylic acids is 1. The van der Waals surface area contributed by atoms with Gasteiger partial charge in [0.2, 0.25) is 5.91 Å². The summed E-state index contributed by atoms with van der Waals surface area (Å²) < 4.78 is 5.15. The van der Waals surface area contributed by atoms with Gasteiger partial charge in [-0.05, 0) is 41.8 Å². The van der Waals surface area contributed by atoms with Crippen LogP contribution in [0.3, 0.4) is 0 Å². The normalized spacial score (nSPS) is 18.1. The molecule has 1 fully saturated rings. The van der Waals surface area contributed by atoms with Crippen molar-refractivity contribution in [1.82, 2.24) is 5.32 Å². The van der Waals surface area contributed by atoms with Gasteiger partial charge in [0.25, 0.3) is 0 Å². The molecule has 0 aromatic heterocycles. The van der Waals surface area contributed by atoms with Gasteiger partial charge in [-0.15, -0.1) is 5.10 Å². The van der Waals surface area contributed by atoms with Crippen LogP contribution in [0.15, 0.2) is 58.7 Å². The fourth-order valence-corrected chi connectivity index (χ4v) is 3.53. The molecular formula is C20H22N4O2S. The molecule has 1 N–H and O–H groups in total. The van der Waals surface area contributed by atoms with Crippen molar-refractivity contribution in [2.75, 3.05) is 26.1 Å². The summed E-state index contributed by atoms with van der Waals surface area (Å²) in [7, 11) is 5.63. The molecular weight excluding hydrogens is 360 g/mol. The van der Waals surface area contributed by atoms with E-state index in [-0.39, 0.29) is 11.2 Å². The molecule has 6 nitrogen and oxygen atoms in total. The zero-order chi connectivity index (χ0) is 19.2. The molecule has 1 amide bonds. The Labute approximate surface area is 163 Å². The number of amides is 1. The van der Waals surface area contributed by atoms with Crippen molar-refractivity contribution in [2.45, 2.75) is 11.7 Å². The second-order valence-corrected chi connectivity index (χ2v) is 7.48. The van der Waals surface area contributed by atoms with Crippen molar-refractivity contribution in [1.29, 1.82) is 0 Å². The SMILES string of the molecule is COc1ccc(CC2SC(=N/N=C/c3ccc(N(C)C)cc3)NC2=O)cc1. The first kappa shape index (κ1) is 19.0. The number of anilines is 1. The lowest BCUT2D eigenvalue weighted by Gasteiger charge is -2.11. The Balaban J connectivity index is 1.58. The maximum absolute atomic E-state index is 12.2. The van der Waals surface area contributed by atoms with Crippen LogP contribution in [0.2, 0.25) is 0 Å². The largest absolute Gasteiger partial charge is 0.497 e. The fraction of sp³-hybridized carbons (Fsp3) is 0.250. The van der Waals surface area contributed by atoms with Crippen molar-refractivity contribution < 1.29 is 9.53 Å². The van der Waals surface area contributed by atoms with E-state index in [2.05, 4.69) is 15.5 Å². The smallest absolute Gasteiger partial charge is 0.239 e. The molecule has 3 rings (SSSR count). The number of nitrogens with one attached hydrogen (secondary N) is 1. The Kier molecular flexibility index (Phi) is 6.13. The molecule has 2 aromatic rings. The summed E-state index contributed by atoms with van der Waals surface area (Å²) in [6.07, 6.45) is 2.31. The number of nitrogens with zero attached hydrogens (tertiary/aromatic N) is 3. The third-order valence-corrected chi connectivity index (χ3v) is 5.19. The molecule has 140 valence electrons. The van der Waals surface area contributed by atoms with Gasteiger partial charge >= 0.3 is 0 Å². The number of carbonyl (C=O) groups is 1. The quantitative estimate of drug-likeness (QED) is 0.616. The van der Waals surface area contributed by atoms with Crippen LogP contribution >= 0.6 is 11.8 Å². The van der Waals surface area contributed by atoms with Crippen LogP contribution < -0.4 is 15.0 Å². The van der Waals surface area contributed by atoms with Gasteiger partial charge in [0, 0.05) is 19.8 Å². The van der Waals surface area contributed by atoms with E-state index >= 15 is 0 Å². The lowest BCUT2D eigenvalue weighted by atomic mass is 10.1. The number of hydrogen-bond acceptors (Lipinski definition) is 6. The number of benzene rings is 2. The number of hydrogen-bond donors (Lipinski definition) is 1. The second kappa shape index (κ2) is 8.73. The molecule has 1 aliphatic rings. The molecule has 0 saturated carbocycles. The minimum Gasteiger partial charge on any atom is -0.497 e. The Hall–Kier alpha value is -2.80. The summed E-state index contributed by atoms with van der Waals surface area (Å²) >= 11 is 1.40. The van der Waals surface area contributed by atoms with Crippen molar-refractivity contribution >= 4 is 34.7 Å². The van der Waals surface area contributed by atoms with Gasteiger partial charge in [-0.2, -0.15) is 5.10 Å². The van der Waals surface area contributed by atoms with E-state index in [9.17, 15) is 4.79 Å². The number of methoxy groups -OCH3 is 1. The van der Waals surface area contributed by atoms with E-state index in [1.807, 2.05) is 67.5 Å². The zero-order valence-corrected chi connectivity index (χ0v) is 16.4. The summed E-state index contributed by atoms with van der Waals surface area (Å²) in [4.78, 5) is 14.2. The summed E-state index contributed by atoms with van der Waals surface area (Å²) in [5.74, 6) is 0.762. The average molecular weight is 382 g/mol. The van der Waals surface area contributed by atoms with E-state index in [0.717, 1.165) is 22.6 Å². The summed E-state index contributed by atoms with van der Waals surface area (Å²) in [6.45, 7) is 0. The van der Waals surface area contributed by atoms with Crippen LogP contribution in [0.1, 0.15) is 11.1 Å². The summed E-state index contributed by atoms with van der Waals surface area (Å²) in [5.41, 5.74) is 3.15. The van der Waals surface area contributed by atoms with Crippen LogP contribution in [-0.4, -0.2) is 43.7 Å². The van der Waals surface area contributed by atoms with Gasteiger partial charge in [-0.3, -0.25) is 4.79 Å². The third kappa shape index (κ3) is 5.10. The Bertz CT molecular complexity index is 845. The van der Waals surface area contributed by atoms with Crippen LogP contribution in [0, 0.1) is 0 Å². The molecule has 27 heavy (non-hydrogen) atoms. The van der Waals surface area contributed by atoms with E-state index in [0.29, 0.717) is 11.6 Å². The van der Waals surface area contributed by atoms with E-state index in [4.69, 9.17) is 4.74 Å². The highest BCUT2D eigenvalue weighted by Gasteiger charge is 2.30. The molecule has 0 aliphatic carbocycles. The molecule has 1 heterocycles. The molecule has 1 saturated heterocycles. The lowest BCUT2D eigenvalue weighted by Crippen LogP contribution is -2.25. The maximum atomic E-state index is 12.2. The molecule has 0 radical (unpaired) electrons. The summed E-state index contributed by atoms with van der Waals surface area (Å²) in [6, 6.07) is 15.7. The Morgan fingerprint density at radius 3 is 2.48 bits per heavy atom. The highest BCUT2D eigenvalue weighted by Crippen LogP contribution is 2.24. The lowest BCUT2D eigenvalue weighted by molar-refractivity contribution is -0.118. The average Bonchev–Trinajstić information content (AvgIpc) is 3.02. The van der Waals surface area contributed by atoms with E-state index in [1.165, 1.54) is 11.8 Å².